The molecule has 1 aromatic heterocycles. The predicted octanol–water partition coefficient (Wildman–Crippen LogP) is 3.20. The summed E-state index contributed by atoms with van der Waals surface area (Å²) < 4.78 is 15.6. The van der Waals surface area contributed by atoms with Crippen LogP contribution < -0.4 is 0 Å². The second kappa shape index (κ2) is 8.16. The average molecular weight is 428 g/mol. The highest BCUT2D eigenvalue weighted by Crippen LogP contribution is 2.44. The number of amides is 1. The van der Waals surface area contributed by atoms with Crippen molar-refractivity contribution in [2.24, 2.45) is 11.8 Å². The van der Waals surface area contributed by atoms with E-state index in [9.17, 15) is 9.18 Å². The molecule has 3 atom stereocenters. The van der Waals surface area contributed by atoms with Crippen molar-refractivity contribution in [3.8, 4) is 5.69 Å². The molecule has 2 aliphatic rings. The first-order valence-electron chi connectivity index (χ1n) is 9.80. The van der Waals surface area contributed by atoms with Crippen LogP contribution in [0.15, 0.2) is 61.2 Å². The van der Waals surface area contributed by atoms with Crippen LogP contribution in [0.1, 0.15) is 22.0 Å². The maximum atomic E-state index is 13.8. The minimum absolute atomic E-state index is 0. The van der Waals surface area contributed by atoms with Gasteiger partial charge in [0, 0.05) is 42.8 Å². The van der Waals surface area contributed by atoms with Gasteiger partial charge in [-0.05, 0) is 48.9 Å². The summed E-state index contributed by atoms with van der Waals surface area (Å²) in [6, 6.07) is 14.5. The molecule has 2 saturated heterocycles. The number of aromatic nitrogens is 3. The Morgan fingerprint density at radius 1 is 1.03 bits per heavy atom. The van der Waals surface area contributed by atoms with E-state index in [1.165, 1.54) is 6.07 Å². The SMILES string of the molecule is CN1C[C@H]2CN(C(=O)c3cccc(-n4cnnc4)c3)C[C@H]2[C@@H]1c1cccc(F)c1.Cl. The highest BCUT2D eigenvalue weighted by molar-refractivity contribution is 5.95. The summed E-state index contributed by atoms with van der Waals surface area (Å²) in [5, 5.41) is 7.65. The second-order valence-corrected chi connectivity index (χ2v) is 7.99. The monoisotopic (exact) mass is 427 g/mol. The van der Waals surface area contributed by atoms with Gasteiger partial charge in [0.25, 0.3) is 5.91 Å². The first-order valence-corrected chi connectivity index (χ1v) is 9.80. The van der Waals surface area contributed by atoms with Crippen LogP contribution in [0.2, 0.25) is 0 Å². The Labute approximate surface area is 180 Å². The molecule has 6 nitrogen and oxygen atoms in total. The minimum atomic E-state index is -0.212. The molecule has 0 aliphatic carbocycles. The maximum absolute atomic E-state index is 13.8. The molecular formula is C22H23ClFN5O. The first-order chi connectivity index (χ1) is 14.1. The molecular weight excluding hydrogens is 405 g/mol. The van der Waals surface area contributed by atoms with Gasteiger partial charge < -0.3 is 4.90 Å². The van der Waals surface area contributed by atoms with E-state index in [1.54, 1.807) is 29.4 Å². The maximum Gasteiger partial charge on any atom is 0.253 e. The molecule has 0 bridgehead atoms. The van der Waals surface area contributed by atoms with Crippen LogP contribution in [-0.4, -0.2) is 57.2 Å². The molecule has 2 aliphatic heterocycles. The third-order valence-electron chi connectivity index (χ3n) is 6.18. The van der Waals surface area contributed by atoms with Gasteiger partial charge in [-0.1, -0.05) is 18.2 Å². The number of benzene rings is 2. The summed E-state index contributed by atoms with van der Waals surface area (Å²) in [6.45, 7) is 2.33. The summed E-state index contributed by atoms with van der Waals surface area (Å²) in [6.07, 6.45) is 3.23. The molecule has 2 aromatic carbocycles. The summed E-state index contributed by atoms with van der Waals surface area (Å²) in [5.74, 6) is 0.538. The van der Waals surface area contributed by atoms with Crippen molar-refractivity contribution in [3.63, 3.8) is 0 Å². The molecule has 0 N–H and O–H groups in total. The Balaban J connectivity index is 0.00000218. The normalized spacial score (nSPS) is 23.3. The fourth-order valence-electron chi connectivity index (χ4n) is 4.93. The predicted molar refractivity (Wildman–Crippen MR) is 113 cm³/mol. The number of halogens is 2. The zero-order valence-corrected chi connectivity index (χ0v) is 17.4. The average Bonchev–Trinajstić information content (AvgIpc) is 3.43. The summed E-state index contributed by atoms with van der Waals surface area (Å²) in [4.78, 5) is 17.4. The molecule has 1 amide bonds. The van der Waals surface area contributed by atoms with Crippen LogP contribution >= 0.6 is 12.4 Å². The van der Waals surface area contributed by atoms with Crippen LogP contribution in [0.25, 0.3) is 5.69 Å². The highest BCUT2D eigenvalue weighted by atomic mass is 35.5. The molecule has 156 valence electrons. The lowest BCUT2D eigenvalue weighted by atomic mass is 9.89. The van der Waals surface area contributed by atoms with Crippen LogP contribution in [0.5, 0.6) is 0 Å². The van der Waals surface area contributed by atoms with Crippen LogP contribution in [-0.2, 0) is 0 Å². The van der Waals surface area contributed by atoms with Crippen LogP contribution in [0.4, 0.5) is 4.39 Å². The van der Waals surface area contributed by atoms with Gasteiger partial charge in [-0.25, -0.2) is 4.39 Å². The van der Waals surface area contributed by atoms with Crippen molar-refractivity contribution in [3.05, 3.63) is 78.1 Å². The topological polar surface area (TPSA) is 54.3 Å². The summed E-state index contributed by atoms with van der Waals surface area (Å²) in [7, 11) is 2.09. The van der Waals surface area contributed by atoms with Gasteiger partial charge >= 0.3 is 0 Å². The Hall–Kier alpha value is -2.77. The molecule has 0 unspecified atom stereocenters. The molecule has 2 fully saturated rings. The largest absolute Gasteiger partial charge is 0.338 e. The quantitative estimate of drug-likeness (QED) is 0.644. The molecule has 0 saturated carbocycles. The van der Waals surface area contributed by atoms with Crippen molar-refractivity contribution in [2.75, 3.05) is 26.7 Å². The standard InChI is InChI=1S/C22H22FN5O.ClH/c1-26-10-17-11-27(12-20(17)21(26)15-4-2-6-18(23)8-15)22(29)16-5-3-7-19(9-16)28-13-24-25-14-28;/h2-9,13-14,17,20-21H,10-12H2,1H3;1H/t17-,20+,21-;/m0./s1. The second-order valence-electron chi connectivity index (χ2n) is 7.99. The van der Waals surface area contributed by atoms with Gasteiger partial charge in [0.2, 0.25) is 0 Å². The zero-order chi connectivity index (χ0) is 20.0. The number of nitrogens with zero attached hydrogens (tertiary/aromatic N) is 5. The molecule has 3 heterocycles. The van der Waals surface area contributed by atoms with Gasteiger partial charge in [-0.3, -0.25) is 14.3 Å². The van der Waals surface area contributed by atoms with E-state index in [0.717, 1.165) is 24.3 Å². The number of hydrogen-bond acceptors (Lipinski definition) is 4. The Morgan fingerprint density at radius 2 is 1.80 bits per heavy atom. The highest BCUT2D eigenvalue weighted by Gasteiger charge is 2.47. The first kappa shape index (κ1) is 20.5. The van der Waals surface area contributed by atoms with Crippen molar-refractivity contribution in [1.29, 1.82) is 0 Å². The van der Waals surface area contributed by atoms with Gasteiger partial charge in [-0.15, -0.1) is 22.6 Å². The number of fused-ring (bicyclic) bond motifs is 1. The van der Waals surface area contributed by atoms with Crippen molar-refractivity contribution < 1.29 is 9.18 Å². The van der Waals surface area contributed by atoms with Gasteiger partial charge in [0.05, 0.1) is 0 Å². The fourth-order valence-corrected chi connectivity index (χ4v) is 4.93. The molecule has 8 heteroatoms. The lowest BCUT2D eigenvalue weighted by Crippen LogP contribution is -2.33. The smallest absolute Gasteiger partial charge is 0.253 e. The Morgan fingerprint density at radius 3 is 2.57 bits per heavy atom. The van der Waals surface area contributed by atoms with Gasteiger partial charge in [0.15, 0.2) is 0 Å². The number of hydrogen-bond donors (Lipinski definition) is 0. The zero-order valence-electron chi connectivity index (χ0n) is 16.6. The number of carbonyl (C=O) groups is 1. The number of carbonyl (C=O) groups excluding carboxylic acids is 1. The van der Waals surface area contributed by atoms with E-state index in [1.807, 2.05) is 35.2 Å². The Bertz CT molecular complexity index is 1040. The minimum Gasteiger partial charge on any atom is -0.338 e. The molecule has 3 aromatic rings. The van der Waals surface area contributed by atoms with Crippen molar-refractivity contribution >= 4 is 18.3 Å². The third kappa shape index (κ3) is 3.59. The van der Waals surface area contributed by atoms with Crippen molar-refractivity contribution in [1.82, 2.24) is 24.6 Å². The molecule has 30 heavy (non-hydrogen) atoms. The van der Waals surface area contributed by atoms with E-state index in [4.69, 9.17) is 0 Å². The van der Waals surface area contributed by atoms with Crippen molar-refractivity contribution in [2.45, 2.75) is 6.04 Å². The van der Waals surface area contributed by atoms with E-state index in [-0.39, 0.29) is 30.2 Å². The van der Waals surface area contributed by atoms with E-state index >= 15 is 0 Å². The van der Waals surface area contributed by atoms with E-state index < -0.39 is 0 Å². The number of rotatable bonds is 3. The van der Waals surface area contributed by atoms with E-state index in [2.05, 4.69) is 22.1 Å². The van der Waals surface area contributed by atoms with E-state index in [0.29, 0.717) is 23.9 Å². The van der Waals surface area contributed by atoms with Crippen LogP contribution in [0, 0.1) is 17.7 Å². The Kier molecular flexibility index (Phi) is 5.58. The fraction of sp³-hybridized carbons (Fsp3) is 0.318. The lowest BCUT2D eigenvalue weighted by molar-refractivity contribution is 0.0767. The lowest BCUT2D eigenvalue weighted by Gasteiger charge is -2.27. The van der Waals surface area contributed by atoms with Crippen LogP contribution in [0.3, 0.4) is 0 Å². The third-order valence-corrected chi connectivity index (χ3v) is 6.18. The summed E-state index contributed by atoms with van der Waals surface area (Å²) >= 11 is 0. The summed E-state index contributed by atoms with van der Waals surface area (Å²) in [5.41, 5.74) is 2.51. The molecule has 0 radical (unpaired) electrons. The van der Waals surface area contributed by atoms with Gasteiger partial charge in [-0.2, -0.15) is 0 Å². The number of likely N-dealkylation sites (tertiary alicyclic amines) is 2. The molecule has 5 rings (SSSR count). The van der Waals surface area contributed by atoms with Gasteiger partial charge in [0.1, 0.15) is 18.5 Å². The molecule has 0 spiro atoms.